The van der Waals surface area contributed by atoms with Crippen molar-refractivity contribution in [1.29, 1.82) is 0 Å². The zero-order valence-corrected chi connectivity index (χ0v) is 8.24. The van der Waals surface area contributed by atoms with Crippen LogP contribution in [0.4, 0.5) is 0 Å². The van der Waals surface area contributed by atoms with E-state index >= 15 is 0 Å². The molecule has 2 saturated heterocycles. The Morgan fingerprint density at radius 1 is 1.29 bits per heavy atom. The molecule has 0 spiro atoms. The molecule has 2 atom stereocenters. The normalized spacial score (nSPS) is 34.6. The van der Waals surface area contributed by atoms with Crippen LogP contribution in [0.5, 0.6) is 0 Å². The fourth-order valence-electron chi connectivity index (χ4n) is 2.51. The van der Waals surface area contributed by atoms with Gasteiger partial charge in [-0.25, -0.2) is 0 Å². The van der Waals surface area contributed by atoms with Gasteiger partial charge in [0.05, 0.1) is 12.0 Å². The van der Waals surface area contributed by atoms with E-state index in [9.17, 15) is 4.79 Å². The third-order valence-electron chi connectivity index (χ3n) is 3.30. The molecule has 0 aromatic carbocycles. The van der Waals surface area contributed by atoms with Gasteiger partial charge in [-0.1, -0.05) is 0 Å². The highest BCUT2D eigenvalue weighted by Gasteiger charge is 2.39. The van der Waals surface area contributed by atoms with Crippen LogP contribution < -0.4 is 5.32 Å². The predicted octanol–water partition coefficient (Wildman–Crippen LogP) is 0.476. The van der Waals surface area contributed by atoms with Crippen molar-refractivity contribution < 1.29 is 14.6 Å². The van der Waals surface area contributed by atoms with Crippen LogP contribution in [-0.4, -0.2) is 36.9 Å². The van der Waals surface area contributed by atoms with Crippen LogP contribution in [0.25, 0.3) is 0 Å². The summed E-state index contributed by atoms with van der Waals surface area (Å²) in [4.78, 5) is 11.0. The summed E-state index contributed by atoms with van der Waals surface area (Å²) in [6.07, 6.45) is 2.75. The van der Waals surface area contributed by atoms with E-state index in [-0.39, 0.29) is 12.0 Å². The molecule has 2 aliphatic heterocycles. The second kappa shape index (κ2) is 4.28. The maximum absolute atomic E-state index is 11.0. The third kappa shape index (κ3) is 1.91. The van der Waals surface area contributed by atoms with E-state index in [0.717, 1.165) is 25.9 Å². The van der Waals surface area contributed by atoms with Gasteiger partial charge in [-0.15, -0.1) is 0 Å². The molecule has 0 amide bonds. The minimum atomic E-state index is -0.689. The molecule has 2 aliphatic rings. The molecule has 80 valence electrons. The van der Waals surface area contributed by atoms with Gasteiger partial charge >= 0.3 is 5.97 Å². The molecular weight excluding hydrogens is 182 g/mol. The first-order valence-corrected chi connectivity index (χ1v) is 5.34. The lowest BCUT2D eigenvalue weighted by Crippen LogP contribution is -2.38. The van der Waals surface area contributed by atoms with Crippen molar-refractivity contribution in [3.8, 4) is 0 Å². The quantitative estimate of drug-likeness (QED) is 0.679. The standard InChI is InChI=1S/C10H17NO3/c12-10(13)8-3-6-14-9(8)7-1-4-11-5-2-7/h7-9,11H,1-6H2,(H,12,13). The number of aliphatic carboxylic acids is 1. The summed E-state index contributed by atoms with van der Waals surface area (Å²) in [5.41, 5.74) is 0. The molecule has 0 saturated carbocycles. The second-order valence-corrected chi connectivity index (χ2v) is 4.16. The zero-order valence-electron chi connectivity index (χ0n) is 8.24. The number of ether oxygens (including phenoxy) is 1. The molecular formula is C10H17NO3. The molecule has 0 aromatic rings. The molecule has 2 N–H and O–H groups in total. The molecule has 2 fully saturated rings. The topological polar surface area (TPSA) is 58.6 Å². The second-order valence-electron chi connectivity index (χ2n) is 4.16. The van der Waals surface area contributed by atoms with Gasteiger partial charge in [0, 0.05) is 6.61 Å². The van der Waals surface area contributed by atoms with E-state index in [1.54, 1.807) is 0 Å². The van der Waals surface area contributed by atoms with Crippen molar-refractivity contribution >= 4 is 5.97 Å². The lowest BCUT2D eigenvalue weighted by atomic mass is 9.85. The monoisotopic (exact) mass is 199 g/mol. The zero-order chi connectivity index (χ0) is 9.97. The number of piperidine rings is 1. The van der Waals surface area contributed by atoms with Crippen LogP contribution in [0.15, 0.2) is 0 Å². The fourth-order valence-corrected chi connectivity index (χ4v) is 2.51. The van der Waals surface area contributed by atoms with E-state index in [1.165, 1.54) is 0 Å². The first-order valence-electron chi connectivity index (χ1n) is 5.34. The molecule has 14 heavy (non-hydrogen) atoms. The van der Waals surface area contributed by atoms with Crippen LogP contribution >= 0.6 is 0 Å². The Kier molecular flexibility index (Phi) is 3.03. The van der Waals surface area contributed by atoms with E-state index in [1.807, 2.05) is 0 Å². The van der Waals surface area contributed by atoms with Gasteiger partial charge in [-0.3, -0.25) is 4.79 Å². The van der Waals surface area contributed by atoms with Gasteiger partial charge in [0.25, 0.3) is 0 Å². The number of carbonyl (C=O) groups is 1. The van der Waals surface area contributed by atoms with Gasteiger partial charge in [0.15, 0.2) is 0 Å². The highest BCUT2D eigenvalue weighted by molar-refractivity contribution is 5.71. The Balaban J connectivity index is 1.97. The molecule has 0 aromatic heterocycles. The van der Waals surface area contributed by atoms with Crippen molar-refractivity contribution in [3.63, 3.8) is 0 Å². The molecule has 0 bridgehead atoms. The number of hydrogen-bond acceptors (Lipinski definition) is 3. The van der Waals surface area contributed by atoms with E-state index in [4.69, 9.17) is 9.84 Å². The molecule has 4 heteroatoms. The number of hydrogen-bond donors (Lipinski definition) is 2. The Labute approximate surface area is 83.6 Å². The minimum Gasteiger partial charge on any atom is -0.481 e. The summed E-state index contributed by atoms with van der Waals surface area (Å²) in [6.45, 7) is 2.61. The number of nitrogens with one attached hydrogen (secondary N) is 1. The number of rotatable bonds is 2. The van der Waals surface area contributed by atoms with Crippen molar-refractivity contribution in [1.82, 2.24) is 5.32 Å². The maximum atomic E-state index is 11.0. The SMILES string of the molecule is O=C(O)C1CCOC1C1CCNCC1. The average Bonchev–Trinajstić information content (AvgIpc) is 2.67. The van der Waals surface area contributed by atoms with Gasteiger partial charge in [-0.05, 0) is 38.3 Å². The van der Waals surface area contributed by atoms with Crippen molar-refractivity contribution in [2.24, 2.45) is 11.8 Å². The highest BCUT2D eigenvalue weighted by atomic mass is 16.5. The molecule has 2 rings (SSSR count). The summed E-state index contributed by atoms with van der Waals surface area (Å²) >= 11 is 0. The minimum absolute atomic E-state index is 0.0328. The third-order valence-corrected chi connectivity index (χ3v) is 3.30. The molecule has 0 aliphatic carbocycles. The van der Waals surface area contributed by atoms with Gasteiger partial charge < -0.3 is 15.2 Å². The fraction of sp³-hybridized carbons (Fsp3) is 0.900. The van der Waals surface area contributed by atoms with Crippen LogP contribution in [0, 0.1) is 11.8 Å². The summed E-state index contributed by atoms with van der Waals surface area (Å²) in [5.74, 6) is -0.510. The van der Waals surface area contributed by atoms with Gasteiger partial charge in [0.1, 0.15) is 0 Å². The Morgan fingerprint density at radius 3 is 2.64 bits per heavy atom. The number of carboxylic acid groups (broad SMARTS) is 1. The molecule has 2 unspecified atom stereocenters. The molecule has 0 radical (unpaired) electrons. The van der Waals surface area contributed by atoms with Crippen molar-refractivity contribution in [2.75, 3.05) is 19.7 Å². The largest absolute Gasteiger partial charge is 0.481 e. The van der Waals surface area contributed by atoms with Crippen LogP contribution in [-0.2, 0) is 9.53 Å². The predicted molar refractivity (Wildman–Crippen MR) is 51.1 cm³/mol. The smallest absolute Gasteiger partial charge is 0.309 e. The van der Waals surface area contributed by atoms with Crippen LogP contribution in [0.1, 0.15) is 19.3 Å². The summed E-state index contributed by atoms with van der Waals surface area (Å²) in [6, 6.07) is 0. The summed E-state index contributed by atoms with van der Waals surface area (Å²) < 4.78 is 5.56. The Bertz CT molecular complexity index is 213. The molecule has 4 nitrogen and oxygen atoms in total. The van der Waals surface area contributed by atoms with Crippen molar-refractivity contribution in [3.05, 3.63) is 0 Å². The first-order chi connectivity index (χ1) is 6.79. The van der Waals surface area contributed by atoms with Crippen LogP contribution in [0.3, 0.4) is 0 Å². The van der Waals surface area contributed by atoms with Crippen molar-refractivity contribution in [2.45, 2.75) is 25.4 Å². The van der Waals surface area contributed by atoms with Gasteiger partial charge in [-0.2, -0.15) is 0 Å². The summed E-state index contributed by atoms with van der Waals surface area (Å²) in [7, 11) is 0. The molecule has 2 heterocycles. The highest BCUT2D eigenvalue weighted by Crippen LogP contribution is 2.31. The van der Waals surface area contributed by atoms with E-state index < -0.39 is 5.97 Å². The lowest BCUT2D eigenvalue weighted by Gasteiger charge is -2.29. The van der Waals surface area contributed by atoms with E-state index in [0.29, 0.717) is 18.9 Å². The van der Waals surface area contributed by atoms with Gasteiger partial charge in [0.2, 0.25) is 0 Å². The average molecular weight is 199 g/mol. The first kappa shape index (κ1) is 9.93. The Hall–Kier alpha value is -0.610. The lowest BCUT2D eigenvalue weighted by molar-refractivity contribution is -0.144. The summed E-state index contributed by atoms with van der Waals surface area (Å²) in [5, 5.41) is 12.3. The van der Waals surface area contributed by atoms with Crippen LogP contribution in [0.2, 0.25) is 0 Å². The Morgan fingerprint density at radius 2 is 2.00 bits per heavy atom. The maximum Gasteiger partial charge on any atom is 0.309 e. The number of carboxylic acids is 1. The van der Waals surface area contributed by atoms with E-state index in [2.05, 4.69) is 5.32 Å².